The SMILES string of the molecule is CCn1ncc(Br)c1C(=O)Nc1c(C)nn(C)c1C(=O)OC. The van der Waals surface area contributed by atoms with Crippen molar-refractivity contribution in [1.82, 2.24) is 19.6 Å². The Hall–Kier alpha value is -2.16. The first-order valence-corrected chi connectivity index (χ1v) is 7.34. The fourth-order valence-corrected chi connectivity index (χ4v) is 2.62. The van der Waals surface area contributed by atoms with Gasteiger partial charge in [-0.1, -0.05) is 0 Å². The maximum atomic E-state index is 12.5. The maximum absolute atomic E-state index is 12.5. The van der Waals surface area contributed by atoms with Crippen molar-refractivity contribution in [3.8, 4) is 0 Å². The number of rotatable bonds is 4. The molecule has 0 unspecified atom stereocenters. The van der Waals surface area contributed by atoms with E-state index < -0.39 is 5.97 Å². The van der Waals surface area contributed by atoms with Gasteiger partial charge in [-0.15, -0.1) is 0 Å². The van der Waals surface area contributed by atoms with Crippen LogP contribution < -0.4 is 5.32 Å². The summed E-state index contributed by atoms with van der Waals surface area (Å²) in [6.07, 6.45) is 1.55. The molecule has 0 atom stereocenters. The zero-order valence-electron chi connectivity index (χ0n) is 12.7. The van der Waals surface area contributed by atoms with Gasteiger partial charge in [-0.3, -0.25) is 14.2 Å². The molecule has 8 nitrogen and oxygen atoms in total. The molecule has 2 aromatic rings. The van der Waals surface area contributed by atoms with Crippen LogP contribution in [0.25, 0.3) is 0 Å². The first kappa shape index (κ1) is 16.2. The number of nitrogens with one attached hydrogen (secondary N) is 1. The molecule has 2 heterocycles. The molecular weight excluding hydrogens is 354 g/mol. The molecule has 9 heteroatoms. The summed E-state index contributed by atoms with van der Waals surface area (Å²) in [4.78, 5) is 24.4. The topological polar surface area (TPSA) is 91.0 Å². The van der Waals surface area contributed by atoms with Crippen LogP contribution in [0.4, 0.5) is 5.69 Å². The lowest BCUT2D eigenvalue weighted by Crippen LogP contribution is -2.20. The summed E-state index contributed by atoms with van der Waals surface area (Å²) in [7, 11) is 2.89. The average molecular weight is 370 g/mol. The molecule has 0 radical (unpaired) electrons. The second-order valence-electron chi connectivity index (χ2n) is 4.54. The molecule has 0 aliphatic heterocycles. The van der Waals surface area contributed by atoms with Crippen molar-refractivity contribution >= 4 is 33.5 Å². The monoisotopic (exact) mass is 369 g/mol. The molecule has 118 valence electrons. The quantitative estimate of drug-likeness (QED) is 0.828. The number of halogens is 1. The molecule has 0 aromatic carbocycles. The van der Waals surface area contributed by atoms with Gasteiger partial charge in [0.25, 0.3) is 5.91 Å². The molecule has 0 aliphatic rings. The van der Waals surface area contributed by atoms with Crippen molar-refractivity contribution in [2.75, 3.05) is 12.4 Å². The Labute approximate surface area is 135 Å². The molecule has 1 amide bonds. The molecule has 0 aliphatic carbocycles. The van der Waals surface area contributed by atoms with Gasteiger partial charge in [-0.05, 0) is 29.8 Å². The van der Waals surface area contributed by atoms with Gasteiger partial charge in [-0.2, -0.15) is 10.2 Å². The summed E-state index contributed by atoms with van der Waals surface area (Å²) >= 11 is 3.30. The van der Waals surface area contributed by atoms with Crippen LogP contribution in [-0.2, 0) is 18.3 Å². The van der Waals surface area contributed by atoms with Crippen molar-refractivity contribution in [3.05, 3.63) is 27.8 Å². The standard InChI is InChI=1S/C13H16BrN5O3/c1-5-19-10(8(14)6-15-19)12(20)16-9-7(2)17-18(3)11(9)13(21)22-4/h6H,5H2,1-4H3,(H,16,20). The van der Waals surface area contributed by atoms with Gasteiger partial charge in [0.15, 0.2) is 5.69 Å². The van der Waals surface area contributed by atoms with E-state index in [2.05, 4.69) is 31.4 Å². The van der Waals surface area contributed by atoms with E-state index in [9.17, 15) is 9.59 Å². The number of aryl methyl sites for hydroxylation is 3. The first-order chi connectivity index (χ1) is 10.4. The normalized spacial score (nSPS) is 10.6. The van der Waals surface area contributed by atoms with Crippen LogP contribution in [0.15, 0.2) is 10.7 Å². The molecule has 0 bridgehead atoms. The van der Waals surface area contributed by atoms with Crippen LogP contribution in [0.5, 0.6) is 0 Å². The number of carbonyl (C=O) groups excluding carboxylic acids is 2. The lowest BCUT2D eigenvalue weighted by Gasteiger charge is -2.09. The molecule has 0 spiro atoms. The Morgan fingerprint density at radius 1 is 1.41 bits per heavy atom. The Morgan fingerprint density at radius 2 is 2.09 bits per heavy atom. The number of hydrogen-bond acceptors (Lipinski definition) is 5. The van der Waals surface area contributed by atoms with Crippen LogP contribution in [0, 0.1) is 6.92 Å². The van der Waals surface area contributed by atoms with E-state index in [-0.39, 0.29) is 11.6 Å². The van der Waals surface area contributed by atoms with Crippen LogP contribution >= 0.6 is 15.9 Å². The zero-order valence-corrected chi connectivity index (χ0v) is 14.3. The predicted octanol–water partition coefficient (Wildman–Crippen LogP) is 1.75. The molecule has 1 N–H and O–H groups in total. The number of ether oxygens (including phenoxy) is 1. The minimum Gasteiger partial charge on any atom is -0.464 e. The maximum Gasteiger partial charge on any atom is 0.358 e. The lowest BCUT2D eigenvalue weighted by atomic mass is 10.2. The van der Waals surface area contributed by atoms with Gasteiger partial charge in [-0.25, -0.2) is 4.79 Å². The highest BCUT2D eigenvalue weighted by molar-refractivity contribution is 9.10. The Bertz CT molecular complexity index is 734. The van der Waals surface area contributed by atoms with Gasteiger partial charge in [0.05, 0.1) is 29.2 Å². The van der Waals surface area contributed by atoms with Crippen molar-refractivity contribution in [2.45, 2.75) is 20.4 Å². The second-order valence-corrected chi connectivity index (χ2v) is 5.39. The van der Waals surface area contributed by atoms with E-state index in [1.165, 1.54) is 11.8 Å². The Kier molecular flexibility index (Phi) is 4.65. The molecule has 0 saturated heterocycles. The van der Waals surface area contributed by atoms with Crippen molar-refractivity contribution in [2.24, 2.45) is 7.05 Å². The highest BCUT2D eigenvalue weighted by atomic mass is 79.9. The van der Waals surface area contributed by atoms with Crippen LogP contribution in [0.1, 0.15) is 33.6 Å². The summed E-state index contributed by atoms with van der Waals surface area (Å²) in [5.41, 5.74) is 1.42. The predicted molar refractivity (Wildman–Crippen MR) is 82.8 cm³/mol. The number of amides is 1. The Balaban J connectivity index is 2.41. The van der Waals surface area contributed by atoms with E-state index >= 15 is 0 Å². The summed E-state index contributed by atoms with van der Waals surface area (Å²) in [5, 5.41) is 11.0. The van der Waals surface area contributed by atoms with E-state index in [1.54, 1.807) is 24.9 Å². The summed E-state index contributed by atoms with van der Waals surface area (Å²) in [5.74, 6) is -0.950. The zero-order chi connectivity index (χ0) is 16.4. The number of esters is 1. The van der Waals surface area contributed by atoms with E-state index in [0.29, 0.717) is 28.1 Å². The third kappa shape index (κ3) is 2.76. The molecular formula is C13H16BrN5O3. The van der Waals surface area contributed by atoms with Crippen molar-refractivity contribution in [3.63, 3.8) is 0 Å². The highest BCUT2D eigenvalue weighted by Gasteiger charge is 2.25. The number of methoxy groups -OCH3 is 1. The number of nitrogens with zero attached hydrogens (tertiary/aromatic N) is 4. The first-order valence-electron chi connectivity index (χ1n) is 6.55. The average Bonchev–Trinajstić information content (AvgIpc) is 2.98. The smallest absolute Gasteiger partial charge is 0.358 e. The summed E-state index contributed by atoms with van der Waals surface area (Å²) in [6.45, 7) is 4.13. The Morgan fingerprint density at radius 3 is 2.68 bits per heavy atom. The van der Waals surface area contributed by atoms with Gasteiger partial charge < -0.3 is 10.1 Å². The molecule has 2 aromatic heterocycles. The van der Waals surface area contributed by atoms with Gasteiger partial charge in [0, 0.05) is 13.6 Å². The molecule has 2 rings (SSSR count). The van der Waals surface area contributed by atoms with Gasteiger partial charge >= 0.3 is 5.97 Å². The van der Waals surface area contributed by atoms with E-state index in [1.807, 2.05) is 6.92 Å². The number of hydrogen-bond donors (Lipinski definition) is 1. The van der Waals surface area contributed by atoms with Crippen molar-refractivity contribution in [1.29, 1.82) is 0 Å². The molecule has 22 heavy (non-hydrogen) atoms. The van der Waals surface area contributed by atoms with Crippen LogP contribution in [0.2, 0.25) is 0 Å². The lowest BCUT2D eigenvalue weighted by molar-refractivity contribution is 0.0589. The number of aromatic nitrogens is 4. The van der Waals surface area contributed by atoms with Gasteiger partial charge in [0.2, 0.25) is 0 Å². The molecule has 0 fully saturated rings. The van der Waals surface area contributed by atoms with E-state index in [4.69, 9.17) is 4.74 Å². The highest BCUT2D eigenvalue weighted by Crippen LogP contribution is 2.23. The van der Waals surface area contributed by atoms with E-state index in [0.717, 1.165) is 0 Å². The second kappa shape index (κ2) is 6.30. The third-order valence-corrected chi connectivity index (χ3v) is 3.73. The number of carbonyl (C=O) groups is 2. The minimum absolute atomic E-state index is 0.187. The van der Waals surface area contributed by atoms with Crippen LogP contribution in [-0.4, -0.2) is 38.5 Å². The van der Waals surface area contributed by atoms with Crippen molar-refractivity contribution < 1.29 is 14.3 Å². The fraction of sp³-hybridized carbons (Fsp3) is 0.385. The van der Waals surface area contributed by atoms with Gasteiger partial charge in [0.1, 0.15) is 5.69 Å². The third-order valence-electron chi connectivity index (χ3n) is 3.15. The summed E-state index contributed by atoms with van der Waals surface area (Å²) in [6, 6.07) is 0. The largest absolute Gasteiger partial charge is 0.464 e. The fourth-order valence-electron chi connectivity index (χ4n) is 2.14. The minimum atomic E-state index is -0.568. The summed E-state index contributed by atoms with van der Waals surface area (Å²) < 4.78 is 8.25. The molecule has 0 saturated carbocycles. The van der Waals surface area contributed by atoms with Crippen LogP contribution in [0.3, 0.4) is 0 Å². The number of anilines is 1.